The van der Waals surface area contributed by atoms with E-state index in [1.807, 2.05) is 36.9 Å². The lowest BCUT2D eigenvalue weighted by molar-refractivity contribution is 0.336. The van der Waals surface area contributed by atoms with Gasteiger partial charge in [-0.05, 0) is 50.8 Å². The van der Waals surface area contributed by atoms with E-state index in [1.54, 1.807) is 7.05 Å². The van der Waals surface area contributed by atoms with Crippen molar-refractivity contribution in [2.24, 2.45) is 4.99 Å². The molecule has 1 heterocycles. The first-order chi connectivity index (χ1) is 12.2. The van der Waals surface area contributed by atoms with Crippen molar-refractivity contribution in [2.75, 3.05) is 32.2 Å². The minimum atomic E-state index is 0.0132. The molecular weight excluding hydrogens is 334 g/mol. The lowest BCUT2D eigenvalue weighted by Gasteiger charge is -2.16. The number of hydrogen-bond acceptors (Lipinski definition) is 4. The van der Waals surface area contributed by atoms with Crippen molar-refractivity contribution in [3.05, 3.63) is 30.0 Å². The minimum Gasteiger partial charge on any atom is -0.490 e. The molecule has 1 atom stereocenters. The van der Waals surface area contributed by atoms with Gasteiger partial charge in [-0.3, -0.25) is 4.99 Å². The third-order valence-corrected chi connectivity index (χ3v) is 4.60. The summed E-state index contributed by atoms with van der Waals surface area (Å²) in [5.41, 5.74) is 0.799. The van der Waals surface area contributed by atoms with Crippen molar-refractivity contribution in [2.45, 2.75) is 32.7 Å². The number of rotatable bonds is 9. The number of nitrogens with one attached hydrogen (secondary N) is 2. The molecule has 2 aromatic rings. The molecule has 2 rings (SSSR count). The summed E-state index contributed by atoms with van der Waals surface area (Å²) < 4.78 is 11.7. The van der Waals surface area contributed by atoms with E-state index in [1.165, 1.54) is 12.2 Å². The Hall–Kier alpha value is -1.82. The van der Waals surface area contributed by atoms with Crippen LogP contribution in [0, 0.1) is 0 Å². The number of ether oxygens (including phenoxy) is 1. The summed E-state index contributed by atoms with van der Waals surface area (Å²) >= 11 is 1.88. The summed E-state index contributed by atoms with van der Waals surface area (Å²) in [4.78, 5) is 4.30. The van der Waals surface area contributed by atoms with Gasteiger partial charge in [0.2, 0.25) is 0 Å². The molecule has 1 unspecified atom stereocenters. The summed E-state index contributed by atoms with van der Waals surface area (Å²) in [6.45, 7) is 5.58. The zero-order chi connectivity index (χ0) is 18.1. The molecule has 1 aromatic heterocycles. The van der Waals surface area contributed by atoms with Crippen molar-refractivity contribution in [1.82, 2.24) is 10.6 Å². The van der Waals surface area contributed by atoms with Crippen LogP contribution in [0.1, 0.15) is 38.5 Å². The van der Waals surface area contributed by atoms with Crippen LogP contribution < -0.4 is 15.4 Å². The standard InChI is InChI=1S/C19H29N3O2S/c1-5-23-16-10-8-9-15-13-17(24-18(15)16)14(2)22-19(20-3)21-11-6-7-12-25-4/h8-10,13-14H,5-7,11-12H2,1-4H3,(H2,20,21,22). The fraction of sp³-hybridized carbons (Fsp3) is 0.526. The summed E-state index contributed by atoms with van der Waals surface area (Å²) in [6, 6.07) is 8.03. The summed E-state index contributed by atoms with van der Waals surface area (Å²) in [5.74, 6) is 3.65. The third-order valence-electron chi connectivity index (χ3n) is 3.90. The van der Waals surface area contributed by atoms with Crippen LogP contribution >= 0.6 is 11.8 Å². The molecule has 0 fully saturated rings. The van der Waals surface area contributed by atoms with Crippen LogP contribution in [0.15, 0.2) is 33.7 Å². The molecule has 0 amide bonds. The monoisotopic (exact) mass is 363 g/mol. The summed E-state index contributed by atoms with van der Waals surface area (Å²) in [7, 11) is 1.79. The van der Waals surface area contributed by atoms with Crippen molar-refractivity contribution >= 4 is 28.7 Å². The van der Waals surface area contributed by atoms with E-state index in [0.717, 1.165) is 41.4 Å². The summed E-state index contributed by atoms with van der Waals surface area (Å²) in [5, 5.41) is 7.79. The van der Waals surface area contributed by atoms with Gasteiger partial charge in [-0.2, -0.15) is 11.8 Å². The molecule has 0 aliphatic rings. The molecule has 0 saturated carbocycles. The topological polar surface area (TPSA) is 58.8 Å². The molecule has 6 heteroatoms. The van der Waals surface area contributed by atoms with Gasteiger partial charge < -0.3 is 19.8 Å². The molecule has 0 saturated heterocycles. The lowest BCUT2D eigenvalue weighted by atomic mass is 10.2. The highest BCUT2D eigenvalue weighted by Crippen LogP contribution is 2.31. The van der Waals surface area contributed by atoms with E-state index in [2.05, 4.69) is 34.9 Å². The molecule has 2 N–H and O–H groups in total. The van der Waals surface area contributed by atoms with Gasteiger partial charge >= 0.3 is 0 Å². The number of furan rings is 1. The molecule has 138 valence electrons. The Bertz CT molecular complexity index is 684. The average Bonchev–Trinajstić information content (AvgIpc) is 3.06. The number of thioether (sulfide) groups is 1. The van der Waals surface area contributed by atoms with Gasteiger partial charge in [0.05, 0.1) is 12.6 Å². The Labute approximate surface area is 154 Å². The van der Waals surface area contributed by atoms with Gasteiger partial charge in [-0.1, -0.05) is 12.1 Å². The normalized spacial score (nSPS) is 13.0. The molecule has 0 aliphatic heterocycles. The number of benzene rings is 1. The van der Waals surface area contributed by atoms with Gasteiger partial charge in [0.15, 0.2) is 17.3 Å². The van der Waals surface area contributed by atoms with Gasteiger partial charge in [-0.15, -0.1) is 0 Å². The Balaban J connectivity index is 1.98. The maximum atomic E-state index is 6.04. The minimum absolute atomic E-state index is 0.0132. The Kier molecular flexibility index (Phi) is 7.98. The van der Waals surface area contributed by atoms with Crippen LogP contribution in [0.3, 0.4) is 0 Å². The molecule has 5 nitrogen and oxygen atoms in total. The average molecular weight is 364 g/mol. The van der Waals surface area contributed by atoms with E-state index in [9.17, 15) is 0 Å². The van der Waals surface area contributed by atoms with Crippen molar-refractivity contribution in [3.63, 3.8) is 0 Å². The van der Waals surface area contributed by atoms with Crippen LogP contribution in [0.25, 0.3) is 11.0 Å². The van der Waals surface area contributed by atoms with Crippen LogP contribution in [0.2, 0.25) is 0 Å². The second-order valence-corrected chi connectivity index (χ2v) is 6.81. The molecule has 25 heavy (non-hydrogen) atoms. The molecule has 0 aliphatic carbocycles. The van der Waals surface area contributed by atoms with E-state index in [4.69, 9.17) is 9.15 Å². The quantitative estimate of drug-likeness (QED) is 0.397. The fourth-order valence-electron chi connectivity index (χ4n) is 2.59. The number of nitrogens with zero attached hydrogens (tertiary/aromatic N) is 1. The van der Waals surface area contributed by atoms with Crippen LogP contribution in [-0.4, -0.2) is 38.2 Å². The number of fused-ring (bicyclic) bond motifs is 1. The fourth-order valence-corrected chi connectivity index (χ4v) is 3.08. The Morgan fingerprint density at radius 1 is 1.36 bits per heavy atom. The first kappa shape index (κ1) is 19.5. The highest BCUT2D eigenvalue weighted by atomic mass is 32.2. The van der Waals surface area contributed by atoms with Crippen molar-refractivity contribution in [3.8, 4) is 5.75 Å². The zero-order valence-electron chi connectivity index (χ0n) is 15.6. The van der Waals surface area contributed by atoms with Crippen molar-refractivity contribution < 1.29 is 9.15 Å². The van der Waals surface area contributed by atoms with Gasteiger partial charge in [-0.25, -0.2) is 0 Å². The van der Waals surface area contributed by atoms with Gasteiger partial charge in [0.1, 0.15) is 5.76 Å². The van der Waals surface area contributed by atoms with Gasteiger partial charge in [0.25, 0.3) is 0 Å². The second-order valence-electron chi connectivity index (χ2n) is 5.82. The molecular formula is C19H29N3O2S. The van der Waals surface area contributed by atoms with E-state index in [-0.39, 0.29) is 6.04 Å². The number of aliphatic imine (C=N–C) groups is 1. The van der Waals surface area contributed by atoms with Gasteiger partial charge in [0, 0.05) is 19.0 Å². The van der Waals surface area contributed by atoms with E-state index >= 15 is 0 Å². The predicted octanol–water partition coefficient (Wildman–Crippen LogP) is 4.20. The highest BCUT2D eigenvalue weighted by Gasteiger charge is 2.15. The predicted molar refractivity (Wildman–Crippen MR) is 108 cm³/mol. The smallest absolute Gasteiger partial charge is 0.191 e. The van der Waals surface area contributed by atoms with Crippen LogP contribution in [0.4, 0.5) is 0 Å². The van der Waals surface area contributed by atoms with Crippen molar-refractivity contribution in [1.29, 1.82) is 0 Å². The largest absolute Gasteiger partial charge is 0.490 e. The molecule has 1 aromatic carbocycles. The lowest BCUT2D eigenvalue weighted by Crippen LogP contribution is -2.39. The highest BCUT2D eigenvalue weighted by molar-refractivity contribution is 7.98. The first-order valence-corrected chi connectivity index (χ1v) is 10.2. The van der Waals surface area contributed by atoms with E-state index in [0.29, 0.717) is 6.61 Å². The van der Waals surface area contributed by atoms with Crippen LogP contribution in [-0.2, 0) is 0 Å². The number of para-hydroxylation sites is 1. The second kappa shape index (κ2) is 10.2. The number of hydrogen-bond donors (Lipinski definition) is 2. The van der Waals surface area contributed by atoms with Crippen LogP contribution in [0.5, 0.6) is 5.75 Å². The molecule has 0 spiro atoms. The third kappa shape index (κ3) is 5.59. The molecule has 0 radical (unpaired) electrons. The molecule has 0 bridgehead atoms. The zero-order valence-corrected chi connectivity index (χ0v) is 16.4. The SMILES string of the molecule is CCOc1cccc2cc(C(C)NC(=NC)NCCCCSC)oc12. The summed E-state index contributed by atoms with van der Waals surface area (Å²) in [6.07, 6.45) is 4.49. The Morgan fingerprint density at radius 2 is 2.20 bits per heavy atom. The maximum Gasteiger partial charge on any atom is 0.191 e. The Morgan fingerprint density at radius 3 is 2.92 bits per heavy atom. The number of unbranched alkanes of at least 4 members (excludes halogenated alkanes) is 1. The first-order valence-electron chi connectivity index (χ1n) is 8.81. The van der Waals surface area contributed by atoms with E-state index < -0.39 is 0 Å². The maximum absolute atomic E-state index is 6.04. The number of guanidine groups is 1.